The number of fused-ring (bicyclic) bond motifs is 2. The van der Waals surface area contributed by atoms with Crippen LogP contribution in [-0.2, 0) is 13.0 Å². The number of benzene rings is 3. The van der Waals surface area contributed by atoms with Crippen LogP contribution in [0.1, 0.15) is 52.1 Å². The highest BCUT2D eigenvalue weighted by Gasteiger charge is 2.45. The molecule has 40 heavy (non-hydrogen) atoms. The standard InChI is InChI=1S/C30H24ClN3O5S/c1-3-24-32-33-30(40-24)34-26(25-27(35)20-15-19(31)11-13-21(20)39-28(25)29(34)36)18-10-12-22(23(14-18)37-4-2)38-16-17-8-6-5-7-9-17/h5-15,26H,3-4,16H2,1-2H3. The van der Waals surface area contributed by atoms with Crippen molar-refractivity contribution in [2.75, 3.05) is 11.5 Å². The lowest BCUT2D eigenvalue weighted by Crippen LogP contribution is -2.29. The summed E-state index contributed by atoms with van der Waals surface area (Å²) in [6.45, 7) is 4.60. The molecule has 0 spiro atoms. The molecule has 0 N–H and O–H groups in total. The number of amides is 1. The van der Waals surface area contributed by atoms with Gasteiger partial charge in [-0.1, -0.05) is 66.3 Å². The molecule has 2 aromatic heterocycles. The predicted octanol–water partition coefficient (Wildman–Crippen LogP) is 6.59. The van der Waals surface area contributed by atoms with Gasteiger partial charge < -0.3 is 13.9 Å². The Hall–Kier alpha value is -4.21. The minimum Gasteiger partial charge on any atom is -0.490 e. The van der Waals surface area contributed by atoms with Crippen LogP contribution in [0.3, 0.4) is 0 Å². The van der Waals surface area contributed by atoms with Crippen LogP contribution in [0.2, 0.25) is 5.02 Å². The lowest BCUT2D eigenvalue weighted by molar-refractivity contribution is 0.0970. The molecule has 3 heterocycles. The van der Waals surface area contributed by atoms with E-state index in [0.717, 1.165) is 10.6 Å². The number of nitrogens with zero attached hydrogens (tertiary/aromatic N) is 3. The van der Waals surface area contributed by atoms with Crippen LogP contribution in [0.25, 0.3) is 11.0 Å². The molecular formula is C30H24ClN3O5S. The highest BCUT2D eigenvalue weighted by Crippen LogP contribution is 2.44. The topological polar surface area (TPSA) is 94.8 Å². The Morgan fingerprint density at radius 3 is 2.55 bits per heavy atom. The Kier molecular flexibility index (Phi) is 7.00. The molecule has 8 nitrogen and oxygen atoms in total. The van der Waals surface area contributed by atoms with E-state index in [9.17, 15) is 9.59 Å². The number of aromatic nitrogens is 2. The number of carbonyl (C=O) groups is 1. The quantitative estimate of drug-likeness (QED) is 0.207. The van der Waals surface area contributed by atoms with Gasteiger partial charge in [-0.25, -0.2) is 0 Å². The van der Waals surface area contributed by atoms with Gasteiger partial charge in [-0.2, -0.15) is 0 Å². The molecule has 1 aliphatic rings. The summed E-state index contributed by atoms with van der Waals surface area (Å²) in [6, 6.07) is 19.2. The maximum absolute atomic E-state index is 13.9. The molecule has 0 saturated carbocycles. The molecule has 202 valence electrons. The SMILES string of the molecule is CCOc1cc(C2c3c(oc4ccc(Cl)cc4c3=O)C(=O)N2c2nnc(CC)s2)ccc1OCc1ccccc1. The molecule has 0 saturated heterocycles. The number of hydrogen-bond acceptors (Lipinski definition) is 8. The Bertz CT molecular complexity index is 1790. The number of carbonyl (C=O) groups excluding carboxylic acids is 1. The third-order valence-electron chi connectivity index (χ3n) is 6.62. The second-order valence-corrected chi connectivity index (χ2v) is 10.6. The summed E-state index contributed by atoms with van der Waals surface area (Å²) in [5.74, 6) is 0.555. The molecule has 10 heteroatoms. The maximum Gasteiger partial charge on any atom is 0.297 e. The smallest absolute Gasteiger partial charge is 0.297 e. The van der Waals surface area contributed by atoms with Crippen molar-refractivity contribution in [3.63, 3.8) is 0 Å². The summed E-state index contributed by atoms with van der Waals surface area (Å²) in [7, 11) is 0. The van der Waals surface area contributed by atoms with E-state index < -0.39 is 11.9 Å². The highest BCUT2D eigenvalue weighted by atomic mass is 35.5. The van der Waals surface area contributed by atoms with E-state index in [-0.39, 0.29) is 22.3 Å². The molecule has 1 unspecified atom stereocenters. The molecule has 1 amide bonds. The van der Waals surface area contributed by atoms with Gasteiger partial charge in [-0.05, 0) is 54.8 Å². The zero-order valence-electron chi connectivity index (χ0n) is 21.7. The molecule has 0 radical (unpaired) electrons. The van der Waals surface area contributed by atoms with Gasteiger partial charge in [0.2, 0.25) is 10.9 Å². The molecule has 6 rings (SSSR count). The number of aryl methyl sites for hydroxylation is 1. The summed E-state index contributed by atoms with van der Waals surface area (Å²) in [5, 5.41) is 10.3. The van der Waals surface area contributed by atoms with E-state index in [0.29, 0.717) is 52.2 Å². The normalized spacial score (nSPS) is 14.5. The third kappa shape index (κ3) is 4.61. The van der Waals surface area contributed by atoms with Gasteiger partial charge >= 0.3 is 0 Å². The monoisotopic (exact) mass is 573 g/mol. The fourth-order valence-electron chi connectivity index (χ4n) is 4.76. The largest absolute Gasteiger partial charge is 0.490 e. The number of hydrogen-bond donors (Lipinski definition) is 0. The fourth-order valence-corrected chi connectivity index (χ4v) is 5.74. The first kappa shape index (κ1) is 26.0. The van der Waals surface area contributed by atoms with Crippen LogP contribution in [0.4, 0.5) is 5.13 Å². The van der Waals surface area contributed by atoms with Gasteiger partial charge in [-0.15, -0.1) is 10.2 Å². The van der Waals surface area contributed by atoms with Gasteiger partial charge in [0.25, 0.3) is 5.91 Å². The van der Waals surface area contributed by atoms with Crippen LogP contribution in [0.5, 0.6) is 11.5 Å². The number of rotatable bonds is 8. The summed E-state index contributed by atoms with van der Waals surface area (Å²) in [5.41, 5.74) is 1.83. The molecule has 3 aromatic carbocycles. The second-order valence-electron chi connectivity index (χ2n) is 9.14. The van der Waals surface area contributed by atoms with Crippen molar-refractivity contribution < 1.29 is 18.7 Å². The van der Waals surface area contributed by atoms with Gasteiger partial charge in [0.15, 0.2) is 16.9 Å². The van der Waals surface area contributed by atoms with Crippen LogP contribution in [0.15, 0.2) is 75.9 Å². The summed E-state index contributed by atoms with van der Waals surface area (Å²) < 4.78 is 18.1. The first-order valence-electron chi connectivity index (χ1n) is 12.8. The van der Waals surface area contributed by atoms with Gasteiger partial charge in [0, 0.05) is 5.02 Å². The first-order chi connectivity index (χ1) is 19.5. The van der Waals surface area contributed by atoms with E-state index in [1.807, 2.05) is 50.2 Å². The average molecular weight is 574 g/mol. The zero-order valence-corrected chi connectivity index (χ0v) is 23.3. The molecule has 5 aromatic rings. The van der Waals surface area contributed by atoms with Crippen molar-refractivity contribution in [3.05, 3.63) is 109 Å². The minimum atomic E-state index is -0.817. The summed E-state index contributed by atoms with van der Waals surface area (Å²) in [4.78, 5) is 29.2. The third-order valence-corrected chi connectivity index (χ3v) is 7.92. The van der Waals surface area contributed by atoms with Gasteiger partial charge in [0.05, 0.1) is 23.6 Å². The van der Waals surface area contributed by atoms with Gasteiger partial charge in [0.1, 0.15) is 17.2 Å². The second kappa shape index (κ2) is 10.7. The van der Waals surface area contributed by atoms with Crippen molar-refractivity contribution in [1.82, 2.24) is 10.2 Å². The molecular weight excluding hydrogens is 550 g/mol. The predicted molar refractivity (Wildman–Crippen MR) is 154 cm³/mol. The molecule has 1 aliphatic heterocycles. The van der Waals surface area contributed by atoms with Crippen LogP contribution in [0, 0.1) is 0 Å². The first-order valence-corrected chi connectivity index (χ1v) is 14.0. The van der Waals surface area contributed by atoms with E-state index >= 15 is 0 Å². The number of ether oxygens (including phenoxy) is 2. The fraction of sp³-hybridized carbons (Fsp3) is 0.200. The van der Waals surface area contributed by atoms with E-state index in [4.69, 9.17) is 25.5 Å². The average Bonchev–Trinajstić information content (AvgIpc) is 3.56. The van der Waals surface area contributed by atoms with Crippen molar-refractivity contribution in [2.24, 2.45) is 0 Å². The molecule has 1 atom stereocenters. The van der Waals surface area contributed by atoms with E-state index in [1.54, 1.807) is 30.3 Å². The lowest BCUT2D eigenvalue weighted by atomic mass is 9.98. The molecule has 0 aliphatic carbocycles. The van der Waals surface area contributed by atoms with Gasteiger partial charge in [-0.3, -0.25) is 14.5 Å². The van der Waals surface area contributed by atoms with Crippen molar-refractivity contribution in [3.8, 4) is 11.5 Å². The maximum atomic E-state index is 13.9. The molecule has 0 bridgehead atoms. The van der Waals surface area contributed by atoms with Crippen LogP contribution in [-0.4, -0.2) is 22.7 Å². The van der Waals surface area contributed by atoms with E-state index in [2.05, 4.69) is 10.2 Å². The Balaban J connectivity index is 1.49. The lowest BCUT2D eigenvalue weighted by Gasteiger charge is -2.23. The van der Waals surface area contributed by atoms with Crippen molar-refractivity contribution in [1.29, 1.82) is 0 Å². The highest BCUT2D eigenvalue weighted by molar-refractivity contribution is 7.15. The van der Waals surface area contributed by atoms with E-state index in [1.165, 1.54) is 16.2 Å². The van der Waals surface area contributed by atoms with Crippen molar-refractivity contribution >= 4 is 44.9 Å². The Labute approximate surface area is 238 Å². The number of anilines is 1. The molecule has 0 fully saturated rings. The van der Waals surface area contributed by atoms with Crippen molar-refractivity contribution in [2.45, 2.75) is 32.9 Å². The summed E-state index contributed by atoms with van der Waals surface area (Å²) >= 11 is 7.51. The van der Waals surface area contributed by atoms with Crippen LogP contribution < -0.4 is 19.8 Å². The van der Waals surface area contributed by atoms with Crippen LogP contribution >= 0.6 is 22.9 Å². The number of halogens is 1. The zero-order chi connectivity index (χ0) is 27.8. The minimum absolute atomic E-state index is 0.0274. The Morgan fingerprint density at radius 2 is 1.80 bits per heavy atom. The Morgan fingerprint density at radius 1 is 0.975 bits per heavy atom. The summed E-state index contributed by atoms with van der Waals surface area (Å²) in [6.07, 6.45) is 0.665.